The summed E-state index contributed by atoms with van der Waals surface area (Å²) in [4.78, 5) is 61.0. The Labute approximate surface area is 147 Å². The van der Waals surface area contributed by atoms with Gasteiger partial charge in [-0.2, -0.15) is 0 Å². The van der Waals surface area contributed by atoms with E-state index >= 15 is 0 Å². The first-order valence-corrected chi connectivity index (χ1v) is 7.88. The number of piperidine rings is 1. The molecule has 0 saturated carbocycles. The van der Waals surface area contributed by atoms with Crippen LogP contribution in [-0.2, 0) is 14.4 Å². The normalized spacial score (nSPS) is 19.3. The molecule has 3 rings (SSSR count). The van der Waals surface area contributed by atoms with Crippen LogP contribution in [0.1, 0.15) is 33.6 Å². The van der Waals surface area contributed by atoms with Gasteiger partial charge in [0.2, 0.25) is 11.8 Å². The average molecular weight is 360 g/mol. The molecule has 10 nitrogen and oxygen atoms in total. The topological polar surface area (TPSA) is 148 Å². The zero-order valence-electron chi connectivity index (χ0n) is 13.6. The number of ether oxygens (including phenoxy) is 1. The summed E-state index contributed by atoms with van der Waals surface area (Å²) in [5, 5.41) is 4.46. The minimum atomic E-state index is -1.06. The Morgan fingerprint density at radius 2 is 2.04 bits per heavy atom. The zero-order valence-corrected chi connectivity index (χ0v) is 13.6. The molecule has 1 fully saturated rings. The largest absolute Gasteiger partial charge is 0.483 e. The van der Waals surface area contributed by atoms with Crippen LogP contribution >= 0.6 is 0 Å². The number of carbonyl (C=O) groups excluding carboxylic acids is 5. The van der Waals surface area contributed by atoms with Crippen molar-refractivity contribution >= 4 is 29.5 Å². The molecule has 1 aromatic carbocycles. The number of hydrogen-bond acceptors (Lipinski definition) is 7. The first-order valence-electron chi connectivity index (χ1n) is 7.88. The number of carbonyl (C=O) groups is 5. The Balaban J connectivity index is 1.86. The lowest BCUT2D eigenvalue weighted by Crippen LogP contribution is -2.54. The Bertz CT molecular complexity index is 821. The Morgan fingerprint density at radius 1 is 1.27 bits per heavy atom. The molecule has 0 aliphatic carbocycles. The van der Waals surface area contributed by atoms with E-state index in [0.717, 1.165) is 4.90 Å². The average Bonchev–Trinajstić information content (AvgIpc) is 2.85. The van der Waals surface area contributed by atoms with Gasteiger partial charge in [0, 0.05) is 6.42 Å². The van der Waals surface area contributed by atoms with Gasteiger partial charge in [0.15, 0.2) is 6.61 Å². The van der Waals surface area contributed by atoms with Crippen LogP contribution in [0.2, 0.25) is 0 Å². The van der Waals surface area contributed by atoms with Crippen molar-refractivity contribution in [2.24, 2.45) is 5.73 Å². The van der Waals surface area contributed by atoms with Crippen molar-refractivity contribution < 1.29 is 28.7 Å². The molecule has 2 aliphatic heterocycles. The van der Waals surface area contributed by atoms with Crippen LogP contribution < -0.4 is 21.1 Å². The van der Waals surface area contributed by atoms with Crippen LogP contribution in [-0.4, -0.2) is 53.8 Å². The molecule has 1 saturated heterocycles. The molecule has 2 aliphatic rings. The van der Waals surface area contributed by atoms with Crippen molar-refractivity contribution in [2.75, 3.05) is 13.3 Å². The molecule has 1 atom stereocenters. The highest BCUT2D eigenvalue weighted by Gasteiger charge is 2.45. The Kier molecular flexibility index (Phi) is 4.67. The number of nitrogens with zero attached hydrogens (tertiary/aromatic N) is 1. The highest BCUT2D eigenvalue weighted by atomic mass is 16.5. The van der Waals surface area contributed by atoms with Gasteiger partial charge in [0.05, 0.1) is 17.8 Å². The SMILES string of the molecule is NCNC(=O)COc1cccc2c1C(=O)N(C1CCC(=O)NC1=O)C2=O. The minimum Gasteiger partial charge on any atom is -0.483 e. The summed E-state index contributed by atoms with van der Waals surface area (Å²) in [6, 6.07) is 3.34. The summed E-state index contributed by atoms with van der Waals surface area (Å²) in [6.45, 7) is -0.441. The number of fused-ring (bicyclic) bond motifs is 1. The highest BCUT2D eigenvalue weighted by Crippen LogP contribution is 2.33. The molecule has 0 radical (unpaired) electrons. The third-order valence-corrected chi connectivity index (χ3v) is 4.09. The van der Waals surface area contributed by atoms with Gasteiger partial charge in [-0.05, 0) is 18.6 Å². The van der Waals surface area contributed by atoms with Gasteiger partial charge < -0.3 is 15.8 Å². The fourth-order valence-corrected chi connectivity index (χ4v) is 2.91. The van der Waals surface area contributed by atoms with Crippen molar-refractivity contribution in [3.8, 4) is 5.75 Å². The lowest BCUT2D eigenvalue weighted by Gasteiger charge is -2.27. The molecule has 2 heterocycles. The fraction of sp³-hybridized carbons (Fsp3) is 0.312. The van der Waals surface area contributed by atoms with Gasteiger partial charge in [-0.3, -0.25) is 34.2 Å². The van der Waals surface area contributed by atoms with Gasteiger partial charge in [-0.15, -0.1) is 0 Å². The van der Waals surface area contributed by atoms with Crippen LogP contribution in [0, 0.1) is 0 Å². The molecule has 136 valence electrons. The molecule has 10 heteroatoms. The molecule has 26 heavy (non-hydrogen) atoms. The van der Waals surface area contributed by atoms with E-state index in [1.54, 1.807) is 0 Å². The predicted molar refractivity (Wildman–Crippen MR) is 85.8 cm³/mol. The lowest BCUT2D eigenvalue weighted by atomic mass is 10.0. The van der Waals surface area contributed by atoms with E-state index in [0.29, 0.717) is 0 Å². The highest BCUT2D eigenvalue weighted by molar-refractivity contribution is 6.24. The lowest BCUT2D eigenvalue weighted by molar-refractivity contribution is -0.136. The van der Waals surface area contributed by atoms with Gasteiger partial charge in [-0.1, -0.05) is 6.07 Å². The molecule has 5 amide bonds. The van der Waals surface area contributed by atoms with Gasteiger partial charge >= 0.3 is 0 Å². The van der Waals surface area contributed by atoms with Gasteiger partial charge in [0.25, 0.3) is 17.7 Å². The number of benzene rings is 1. The maximum Gasteiger partial charge on any atom is 0.266 e. The van der Waals surface area contributed by atoms with E-state index < -0.39 is 35.6 Å². The summed E-state index contributed by atoms with van der Waals surface area (Å²) in [5.41, 5.74) is 5.27. The van der Waals surface area contributed by atoms with Crippen LogP contribution in [0.25, 0.3) is 0 Å². The summed E-state index contributed by atoms with van der Waals surface area (Å²) in [5.74, 6) is -2.91. The van der Waals surface area contributed by atoms with E-state index in [1.165, 1.54) is 18.2 Å². The van der Waals surface area contributed by atoms with E-state index in [1.807, 2.05) is 0 Å². The van der Waals surface area contributed by atoms with Crippen LogP contribution in [0.5, 0.6) is 5.75 Å². The number of imide groups is 2. The molecule has 4 N–H and O–H groups in total. The maximum absolute atomic E-state index is 12.8. The number of hydrogen-bond donors (Lipinski definition) is 3. The second kappa shape index (κ2) is 6.92. The van der Waals surface area contributed by atoms with E-state index in [2.05, 4.69) is 10.6 Å². The Morgan fingerprint density at radius 3 is 2.73 bits per heavy atom. The molecule has 1 aromatic rings. The minimum absolute atomic E-state index is 0.0113. The van der Waals surface area contributed by atoms with Gasteiger partial charge in [-0.25, -0.2) is 0 Å². The first kappa shape index (κ1) is 17.5. The molecular weight excluding hydrogens is 344 g/mol. The van der Waals surface area contributed by atoms with Crippen molar-refractivity contribution in [1.29, 1.82) is 0 Å². The third-order valence-electron chi connectivity index (χ3n) is 4.09. The summed E-state index contributed by atoms with van der Waals surface area (Å²) in [7, 11) is 0. The van der Waals surface area contributed by atoms with E-state index in [-0.39, 0.29) is 43.0 Å². The molecular formula is C16H16N4O6. The van der Waals surface area contributed by atoms with Crippen molar-refractivity contribution in [1.82, 2.24) is 15.5 Å². The number of nitrogens with one attached hydrogen (secondary N) is 2. The Hall–Kier alpha value is -3.27. The molecule has 1 unspecified atom stereocenters. The van der Waals surface area contributed by atoms with Gasteiger partial charge in [0.1, 0.15) is 11.8 Å². The van der Waals surface area contributed by atoms with Crippen LogP contribution in [0.4, 0.5) is 0 Å². The van der Waals surface area contributed by atoms with Crippen molar-refractivity contribution in [3.05, 3.63) is 29.3 Å². The smallest absolute Gasteiger partial charge is 0.266 e. The predicted octanol–water partition coefficient (Wildman–Crippen LogP) is -1.50. The summed E-state index contributed by atoms with van der Waals surface area (Å²) in [6.07, 6.45) is 0.0949. The van der Waals surface area contributed by atoms with Crippen LogP contribution in [0.15, 0.2) is 18.2 Å². The second-order valence-corrected chi connectivity index (χ2v) is 5.72. The van der Waals surface area contributed by atoms with Crippen LogP contribution in [0.3, 0.4) is 0 Å². The molecule has 0 aromatic heterocycles. The number of nitrogens with two attached hydrogens (primary N) is 1. The van der Waals surface area contributed by atoms with Crippen molar-refractivity contribution in [2.45, 2.75) is 18.9 Å². The quantitative estimate of drug-likeness (QED) is 0.427. The van der Waals surface area contributed by atoms with E-state index in [4.69, 9.17) is 10.5 Å². The monoisotopic (exact) mass is 360 g/mol. The first-order chi connectivity index (χ1) is 12.4. The molecule has 0 spiro atoms. The van der Waals surface area contributed by atoms with Crippen molar-refractivity contribution in [3.63, 3.8) is 0 Å². The third kappa shape index (κ3) is 3.02. The fourth-order valence-electron chi connectivity index (χ4n) is 2.91. The molecule has 0 bridgehead atoms. The maximum atomic E-state index is 12.8. The van der Waals surface area contributed by atoms with E-state index in [9.17, 15) is 24.0 Å². The second-order valence-electron chi connectivity index (χ2n) is 5.72. The number of amides is 5. The standard InChI is InChI=1S/C16H16N4O6/c17-7-18-12(22)6-26-10-3-1-2-8-13(10)16(25)20(15(8)24)9-4-5-11(21)19-14(9)23/h1-3,9H,4-7,17H2,(H,18,22)(H,19,21,23). The zero-order chi connectivity index (χ0) is 18.8. The summed E-state index contributed by atoms with van der Waals surface area (Å²) < 4.78 is 5.34. The summed E-state index contributed by atoms with van der Waals surface area (Å²) >= 11 is 0. The number of rotatable bonds is 5.